The summed E-state index contributed by atoms with van der Waals surface area (Å²) in [5.74, 6) is 2.13. The second-order valence-corrected chi connectivity index (χ2v) is 11.5. The maximum Gasteiger partial charge on any atom is 0.256 e. The summed E-state index contributed by atoms with van der Waals surface area (Å²) in [5.41, 5.74) is 4.01. The second kappa shape index (κ2) is 8.69. The molecule has 2 amide bonds. The predicted molar refractivity (Wildman–Crippen MR) is 142 cm³/mol. The van der Waals surface area contributed by atoms with Gasteiger partial charge in [-0.25, -0.2) is 0 Å². The molecule has 192 valence electrons. The van der Waals surface area contributed by atoms with Gasteiger partial charge in [0.05, 0.1) is 0 Å². The van der Waals surface area contributed by atoms with E-state index in [1.807, 2.05) is 16.0 Å². The first-order chi connectivity index (χ1) is 18.0. The van der Waals surface area contributed by atoms with Crippen molar-refractivity contribution in [3.05, 3.63) is 59.3 Å². The lowest BCUT2D eigenvalue weighted by atomic mass is 9.89. The number of aromatic nitrogens is 1. The van der Waals surface area contributed by atoms with Gasteiger partial charge in [-0.1, -0.05) is 24.3 Å². The number of likely N-dealkylation sites (tertiary alicyclic amines) is 1. The number of aliphatic hydroxyl groups excluding tert-OH is 1. The molecule has 2 aromatic rings. The number of nitrogens with zero attached hydrogens (tertiary/aromatic N) is 3. The van der Waals surface area contributed by atoms with Crippen LogP contribution in [0.4, 0.5) is 0 Å². The number of amides is 2. The Labute approximate surface area is 216 Å². The average Bonchev–Trinajstić information content (AvgIpc) is 3.82. The fourth-order valence-corrected chi connectivity index (χ4v) is 6.31. The zero-order chi connectivity index (χ0) is 25.1. The second-order valence-electron chi connectivity index (χ2n) is 11.5. The van der Waals surface area contributed by atoms with Crippen molar-refractivity contribution >= 4 is 28.6 Å². The monoisotopic (exact) mass is 498 g/mol. The Morgan fingerprint density at radius 1 is 1.22 bits per heavy atom. The molecular formula is C30H34N4O3. The lowest BCUT2D eigenvalue weighted by Crippen LogP contribution is -2.41. The molecule has 1 spiro atoms. The number of H-pyrrole nitrogens is 1. The van der Waals surface area contributed by atoms with Crippen molar-refractivity contribution < 1.29 is 14.7 Å². The molecule has 0 radical (unpaired) electrons. The maximum atomic E-state index is 13.4. The number of allylic oxidation sites excluding steroid dienone is 2. The number of hydrogen-bond acceptors (Lipinski definition) is 4. The first kappa shape index (κ1) is 23.0. The van der Waals surface area contributed by atoms with Crippen LogP contribution in [0.3, 0.4) is 0 Å². The fraction of sp³-hybridized carbons (Fsp3) is 0.500. The van der Waals surface area contributed by atoms with Crippen LogP contribution in [0.25, 0.3) is 10.9 Å². The van der Waals surface area contributed by atoms with Crippen LogP contribution in [0.1, 0.15) is 55.6 Å². The molecule has 3 fully saturated rings. The van der Waals surface area contributed by atoms with Gasteiger partial charge in [0.2, 0.25) is 5.91 Å². The SMILES string of the molecule is O=C(C1CC1)N1CC[C@@H](CN2C(=O)C3(CC3)N=C2C2=CCC(c3ccc4[nH]cc(CCO)c4c3)C=C2)C1. The van der Waals surface area contributed by atoms with Crippen LogP contribution in [0.2, 0.25) is 0 Å². The molecular weight excluding hydrogens is 464 g/mol. The number of benzene rings is 1. The number of nitrogens with one attached hydrogen (secondary N) is 1. The van der Waals surface area contributed by atoms with Gasteiger partial charge in [-0.2, -0.15) is 0 Å². The summed E-state index contributed by atoms with van der Waals surface area (Å²) in [6.07, 6.45) is 14.8. The molecule has 7 rings (SSSR count). The molecule has 7 nitrogen and oxygen atoms in total. The third-order valence-electron chi connectivity index (χ3n) is 8.87. The first-order valence-electron chi connectivity index (χ1n) is 13.8. The summed E-state index contributed by atoms with van der Waals surface area (Å²) in [4.78, 5) is 38.2. The molecule has 37 heavy (non-hydrogen) atoms. The Morgan fingerprint density at radius 2 is 2.08 bits per heavy atom. The first-order valence-corrected chi connectivity index (χ1v) is 13.8. The number of aliphatic hydroxyl groups is 1. The Bertz CT molecular complexity index is 1360. The largest absolute Gasteiger partial charge is 0.396 e. The van der Waals surface area contributed by atoms with Gasteiger partial charge in [0, 0.05) is 60.7 Å². The van der Waals surface area contributed by atoms with Crippen LogP contribution in [0.5, 0.6) is 0 Å². The van der Waals surface area contributed by atoms with Crippen molar-refractivity contribution in [1.29, 1.82) is 0 Å². The van der Waals surface area contributed by atoms with Gasteiger partial charge >= 0.3 is 0 Å². The molecule has 2 saturated carbocycles. The highest BCUT2D eigenvalue weighted by Gasteiger charge is 2.57. The summed E-state index contributed by atoms with van der Waals surface area (Å²) >= 11 is 0. The van der Waals surface area contributed by atoms with Crippen molar-refractivity contribution in [1.82, 2.24) is 14.8 Å². The molecule has 1 unspecified atom stereocenters. The van der Waals surface area contributed by atoms with E-state index in [4.69, 9.17) is 4.99 Å². The van der Waals surface area contributed by atoms with Crippen LogP contribution in [0.15, 0.2) is 53.2 Å². The zero-order valence-corrected chi connectivity index (χ0v) is 21.2. The standard InChI is InChI=1S/C30H34N4O3/c35-14-10-24-16-31-26-8-7-23(15-25(24)26)20-1-3-21(4-2-20)27-32-30(11-12-30)29(37)34(27)18-19-9-13-33(17-19)28(36)22-5-6-22/h1,3-4,7-8,15-16,19-20,22,31,35H,2,5-6,9-14,17-18H2/t19-,20?/m1/s1. The lowest BCUT2D eigenvalue weighted by molar-refractivity contribution is -0.131. The van der Waals surface area contributed by atoms with Crippen molar-refractivity contribution in [2.24, 2.45) is 16.8 Å². The van der Waals surface area contributed by atoms with E-state index in [0.29, 0.717) is 24.8 Å². The zero-order valence-electron chi connectivity index (χ0n) is 21.2. The van der Waals surface area contributed by atoms with Gasteiger partial charge in [0.25, 0.3) is 5.91 Å². The van der Waals surface area contributed by atoms with Crippen LogP contribution in [0, 0.1) is 11.8 Å². The fourth-order valence-electron chi connectivity index (χ4n) is 6.31. The maximum absolute atomic E-state index is 13.4. The molecule has 3 heterocycles. The highest BCUT2D eigenvalue weighted by atomic mass is 16.3. The molecule has 7 heteroatoms. The molecule has 3 aliphatic carbocycles. The Hall–Kier alpha value is -3.19. The third-order valence-corrected chi connectivity index (χ3v) is 8.87. The summed E-state index contributed by atoms with van der Waals surface area (Å²) in [7, 11) is 0. The van der Waals surface area contributed by atoms with Crippen molar-refractivity contribution in [2.45, 2.75) is 56.4 Å². The minimum absolute atomic E-state index is 0.140. The Morgan fingerprint density at radius 3 is 2.81 bits per heavy atom. The highest BCUT2D eigenvalue weighted by Crippen LogP contribution is 2.47. The predicted octanol–water partition coefficient (Wildman–Crippen LogP) is 3.70. The summed E-state index contributed by atoms with van der Waals surface area (Å²) in [6, 6.07) is 6.53. The molecule has 2 atom stereocenters. The normalized spacial score (nSPS) is 26.4. The van der Waals surface area contributed by atoms with E-state index in [1.54, 1.807) is 0 Å². The van der Waals surface area contributed by atoms with E-state index in [9.17, 15) is 14.7 Å². The minimum Gasteiger partial charge on any atom is -0.396 e. The number of hydrogen-bond donors (Lipinski definition) is 2. The average molecular weight is 499 g/mol. The van der Waals surface area contributed by atoms with E-state index in [2.05, 4.69) is 41.4 Å². The molecule has 1 saturated heterocycles. The van der Waals surface area contributed by atoms with Crippen LogP contribution in [-0.4, -0.2) is 69.3 Å². The lowest BCUT2D eigenvalue weighted by Gasteiger charge is -2.25. The van der Waals surface area contributed by atoms with Gasteiger partial charge in [-0.05, 0) is 74.1 Å². The summed E-state index contributed by atoms with van der Waals surface area (Å²) in [6.45, 7) is 2.37. The molecule has 2 aliphatic heterocycles. The number of amidine groups is 1. The van der Waals surface area contributed by atoms with Crippen LogP contribution in [-0.2, 0) is 16.0 Å². The summed E-state index contributed by atoms with van der Waals surface area (Å²) in [5, 5.41) is 10.6. The molecule has 1 aromatic heterocycles. The van der Waals surface area contributed by atoms with Crippen LogP contribution < -0.4 is 0 Å². The van der Waals surface area contributed by atoms with Crippen molar-refractivity contribution in [3.63, 3.8) is 0 Å². The quantitative estimate of drug-likeness (QED) is 0.610. The molecule has 0 bridgehead atoms. The Balaban J connectivity index is 1.07. The third kappa shape index (κ3) is 4.04. The van der Waals surface area contributed by atoms with E-state index < -0.39 is 5.54 Å². The van der Waals surface area contributed by atoms with E-state index >= 15 is 0 Å². The smallest absolute Gasteiger partial charge is 0.256 e. The molecule has 5 aliphatic rings. The number of carbonyl (C=O) groups excluding carboxylic acids is 2. The van der Waals surface area contributed by atoms with E-state index in [0.717, 1.165) is 74.1 Å². The van der Waals surface area contributed by atoms with E-state index in [-0.39, 0.29) is 24.3 Å². The van der Waals surface area contributed by atoms with Crippen molar-refractivity contribution in [2.75, 3.05) is 26.2 Å². The number of aromatic amines is 1. The van der Waals surface area contributed by atoms with Crippen LogP contribution >= 0.6 is 0 Å². The van der Waals surface area contributed by atoms with Gasteiger partial charge in [0.1, 0.15) is 11.4 Å². The number of carbonyl (C=O) groups is 2. The van der Waals surface area contributed by atoms with Gasteiger partial charge in [-0.3, -0.25) is 19.5 Å². The van der Waals surface area contributed by atoms with Gasteiger partial charge < -0.3 is 15.0 Å². The van der Waals surface area contributed by atoms with Gasteiger partial charge in [-0.15, -0.1) is 0 Å². The number of aliphatic imine (C=N–C) groups is 1. The van der Waals surface area contributed by atoms with E-state index in [1.165, 1.54) is 10.9 Å². The number of fused-ring (bicyclic) bond motifs is 1. The highest BCUT2D eigenvalue weighted by molar-refractivity contribution is 6.17. The number of rotatable bonds is 7. The minimum atomic E-state index is -0.522. The Kier molecular flexibility index (Phi) is 5.39. The van der Waals surface area contributed by atoms with Crippen molar-refractivity contribution in [3.8, 4) is 0 Å². The topological polar surface area (TPSA) is 89.0 Å². The molecule has 1 aromatic carbocycles. The van der Waals surface area contributed by atoms with Gasteiger partial charge in [0.15, 0.2) is 0 Å². The molecule has 2 N–H and O–H groups in total. The summed E-state index contributed by atoms with van der Waals surface area (Å²) < 4.78 is 0.